The third-order valence-electron chi connectivity index (χ3n) is 5.66. The van der Waals surface area contributed by atoms with Crippen molar-refractivity contribution in [1.29, 1.82) is 0 Å². The quantitative estimate of drug-likeness (QED) is 0.374. The van der Waals surface area contributed by atoms with Gasteiger partial charge in [-0.25, -0.2) is 0 Å². The van der Waals surface area contributed by atoms with E-state index in [2.05, 4.69) is 21.1 Å². The third kappa shape index (κ3) is 3.03. The molecule has 0 aromatic heterocycles. The summed E-state index contributed by atoms with van der Waals surface area (Å²) < 4.78 is 0.889. The van der Waals surface area contributed by atoms with Gasteiger partial charge in [-0.3, -0.25) is 9.73 Å². The second kappa shape index (κ2) is 7.78. The highest BCUT2D eigenvalue weighted by Crippen LogP contribution is 2.45. The average Bonchev–Trinajstić information content (AvgIpc) is 3.35. The molecule has 2 heterocycles. The fraction of sp³-hybridized carbons (Fsp3) is 0.130. The minimum absolute atomic E-state index is 0.252. The lowest BCUT2D eigenvalue weighted by molar-refractivity contribution is -0.135. The van der Waals surface area contributed by atoms with E-state index in [1.165, 1.54) is 10.3 Å². The van der Waals surface area contributed by atoms with Crippen LogP contribution in [0.3, 0.4) is 0 Å². The molecule has 0 spiro atoms. The van der Waals surface area contributed by atoms with Crippen molar-refractivity contribution in [3.05, 3.63) is 90.9 Å². The molecular weight excluding hydrogens is 515 g/mol. The van der Waals surface area contributed by atoms with Gasteiger partial charge in [0.15, 0.2) is 0 Å². The monoisotopic (exact) mass is 530 g/mol. The number of halogens is 3. The number of hydrazine groups is 2. The zero-order valence-electron chi connectivity index (χ0n) is 17.4. The SMILES string of the molecule is Cc1c(Cl)c(C)c(C2=NON3N(C(=O)c4ccc(Br)cc4)c4ccccc4N23)c(C)c1Cl. The largest absolute Gasteiger partial charge is 0.277 e. The van der Waals surface area contributed by atoms with Crippen LogP contribution in [0.4, 0.5) is 11.4 Å². The van der Waals surface area contributed by atoms with Crippen molar-refractivity contribution < 1.29 is 9.73 Å². The summed E-state index contributed by atoms with van der Waals surface area (Å²) in [4.78, 5) is 19.1. The number of carbonyl (C=O) groups excluding carboxylic acids is 1. The number of carbonyl (C=O) groups is 1. The standard InChI is InChI=1S/C23H17BrCl2N4O2/c1-12-19(13(2)21(26)14(3)20(12)25)22-27-32-30-28(22)17-6-4-5-7-18(17)29(30)23(31)15-8-10-16(24)11-9-15/h4-11H,1-3H3. The average molecular weight is 532 g/mol. The number of nitrogens with zero attached hydrogens (tertiary/aromatic N) is 4. The molecule has 0 unspecified atom stereocenters. The van der Waals surface area contributed by atoms with Gasteiger partial charge in [-0.05, 0) is 79.0 Å². The maximum atomic E-state index is 13.5. The summed E-state index contributed by atoms with van der Waals surface area (Å²) in [6.45, 7) is 5.73. The first-order valence-corrected chi connectivity index (χ1v) is 11.4. The molecule has 2 aliphatic rings. The Bertz CT molecular complexity index is 1280. The molecule has 2 aliphatic heterocycles. The molecule has 0 bridgehead atoms. The van der Waals surface area contributed by atoms with Crippen LogP contribution in [-0.2, 0) is 4.94 Å². The number of hydrogen-bond donors (Lipinski definition) is 0. The molecule has 0 aliphatic carbocycles. The molecular formula is C23H17BrCl2N4O2. The summed E-state index contributed by atoms with van der Waals surface area (Å²) in [5.74, 6) is 0.250. The summed E-state index contributed by atoms with van der Waals surface area (Å²) >= 11 is 16.6. The zero-order chi connectivity index (χ0) is 22.7. The Morgan fingerprint density at radius 2 is 1.50 bits per heavy atom. The fourth-order valence-electron chi connectivity index (χ4n) is 4.03. The summed E-state index contributed by atoms with van der Waals surface area (Å²) in [5.41, 5.74) is 5.19. The topological polar surface area (TPSA) is 48.4 Å². The van der Waals surface area contributed by atoms with Gasteiger partial charge in [-0.2, -0.15) is 10.0 Å². The molecule has 0 N–H and O–H groups in total. The first-order valence-electron chi connectivity index (χ1n) is 9.80. The molecule has 0 radical (unpaired) electrons. The van der Waals surface area contributed by atoms with Crippen molar-refractivity contribution in [1.82, 2.24) is 5.28 Å². The van der Waals surface area contributed by atoms with Crippen LogP contribution in [0.5, 0.6) is 0 Å². The van der Waals surface area contributed by atoms with Gasteiger partial charge in [0.2, 0.25) is 5.84 Å². The van der Waals surface area contributed by atoms with Crippen LogP contribution in [0, 0.1) is 20.8 Å². The van der Waals surface area contributed by atoms with E-state index in [-0.39, 0.29) is 5.91 Å². The van der Waals surface area contributed by atoms with E-state index in [1.54, 1.807) is 17.1 Å². The lowest BCUT2D eigenvalue weighted by Gasteiger charge is -2.25. The highest BCUT2D eigenvalue weighted by Gasteiger charge is 2.47. The van der Waals surface area contributed by atoms with Crippen LogP contribution >= 0.6 is 39.1 Å². The molecule has 0 saturated heterocycles. The summed E-state index contributed by atoms with van der Waals surface area (Å²) in [7, 11) is 0. The van der Waals surface area contributed by atoms with E-state index >= 15 is 0 Å². The lowest BCUT2D eigenvalue weighted by atomic mass is 9.98. The van der Waals surface area contributed by atoms with Gasteiger partial charge >= 0.3 is 0 Å². The molecule has 3 aromatic rings. The fourth-order valence-corrected chi connectivity index (χ4v) is 4.72. The van der Waals surface area contributed by atoms with Crippen molar-refractivity contribution in [3.8, 4) is 0 Å². The maximum absolute atomic E-state index is 13.5. The van der Waals surface area contributed by atoms with Gasteiger partial charge in [0.05, 0.1) is 16.7 Å². The Kier molecular flexibility index (Phi) is 5.17. The smallest absolute Gasteiger partial charge is 0.267 e. The van der Waals surface area contributed by atoms with Crippen molar-refractivity contribution in [2.75, 3.05) is 10.0 Å². The van der Waals surface area contributed by atoms with Gasteiger partial charge in [0.25, 0.3) is 5.91 Å². The first-order chi connectivity index (χ1) is 15.3. The summed E-state index contributed by atoms with van der Waals surface area (Å²) in [6, 6.07) is 14.7. The predicted octanol–water partition coefficient (Wildman–Crippen LogP) is 6.59. The van der Waals surface area contributed by atoms with E-state index in [0.717, 1.165) is 32.4 Å². The van der Waals surface area contributed by atoms with Crippen LogP contribution in [0.2, 0.25) is 10.0 Å². The molecule has 162 valence electrons. The first kappa shape index (κ1) is 21.3. The van der Waals surface area contributed by atoms with E-state index < -0.39 is 0 Å². The van der Waals surface area contributed by atoms with E-state index in [9.17, 15) is 4.79 Å². The van der Waals surface area contributed by atoms with Gasteiger partial charge in [0, 0.05) is 25.6 Å². The Morgan fingerprint density at radius 1 is 0.906 bits per heavy atom. The summed E-state index contributed by atoms with van der Waals surface area (Å²) in [6.07, 6.45) is 0. The summed E-state index contributed by atoms with van der Waals surface area (Å²) in [5, 5.41) is 10.0. The number of hydrogen-bond acceptors (Lipinski definition) is 5. The second-order valence-electron chi connectivity index (χ2n) is 7.55. The molecule has 3 aromatic carbocycles. The van der Waals surface area contributed by atoms with Crippen LogP contribution in [-0.4, -0.2) is 17.0 Å². The van der Waals surface area contributed by atoms with E-state index in [0.29, 0.717) is 27.1 Å². The van der Waals surface area contributed by atoms with Crippen molar-refractivity contribution in [3.63, 3.8) is 0 Å². The molecule has 0 saturated carbocycles. The number of benzene rings is 3. The van der Waals surface area contributed by atoms with Crippen LogP contribution in [0.15, 0.2) is 58.2 Å². The Balaban J connectivity index is 1.63. The predicted molar refractivity (Wildman–Crippen MR) is 130 cm³/mol. The highest BCUT2D eigenvalue weighted by molar-refractivity contribution is 9.10. The van der Waals surface area contributed by atoms with E-state index in [4.69, 9.17) is 28.1 Å². The molecule has 9 heteroatoms. The number of amides is 1. The Labute approximate surface area is 203 Å². The number of fused-ring (bicyclic) bond motifs is 3. The number of para-hydroxylation sites is 2. The molecule has 0 atom stereocenters. The zero-order valence-corrected chi connectivity index (χ0v) is 20.5. The van der Waals surface area contributed by atoms with Crippen molar-refractivity contribution in [2.24, 2.45) is 5.16 Å². The van der Waals surface area contributed by atoms with Gasteiger partial charge < -0.3 is 0 Å². The molecule has 0 fully saturated rings. The highest BCUT2D eigenvalue weighted by atomic mass is 79.9. The Hall–Kier alpha value is -2.58. The lowest BCUT2D eigenvalue weighted by Crippen LogP contribution is -2.49. The van der Waals surface area contributed by atoms with Crippen molar-refractivity contribution in [2.45, 2.75) is 20.8 Å². The molecule has 32 heavy (non-hydrogen) atoms. The number of amidine groups is 1. The van der Waals surface area contributed by atoms with Crippen LogP contribution < -0.4 is 10.0 Å². The molecule has 5 rings (SSSR count). The number of oxime groups is 1. The number of rotatable bonds is 2. The minimum Gasteiger partial charge on any atom is -0.267 e. The van der Waals surface area contributed by atoms with Gasteiger partial charge in [-0.1, -0.05) is 51.3 Å². The molecule has 6 nitrogen and oxygen atoms in total. The van der Waals surface area contributed by atoms with Gasteiger partial charge in [0.1, 0.15) is 0 Å². The number of anilines is 2. The van der Waals surface area contributed by atoms with Gasteiger partial charge in [-0.15, -0.1) is 0 Å². The Morgan fingerprint density at radius 3 is 2.12 bits per heavy atom. The van der Waals surface area contributed by atoms with Crippen molar-refractivity contribution >= 4 is 62.2 Å². The minimum atomic E-state index is -0.252. The van der Waals surface area contributed by atoms with E-state index in [1.807, 2.05) is 57.2 Å². The van der Waals surface area contributed by atoms with Crippen LogP contribution in [0.1, 0.15) is 32.6 Å². The second-order valence-corrected chi connectivity index (χ2v) is 9.22. The maximum Gasteiger partial charge on any atom is 0.277 e. The van der Waals surface area contributed by atoms with Crippen LogP contribution in [0.25, 0.3) is 0 Å². The third-order valence-corrected chi connectivity index (χ3v) is 7.32. The normalized spacial score (nSPS) is 14.9. The molecule has 1 amide bonds.